The third-order valence-corrected chi connectivity index (χ3v) is 4.34. The molecule has 2 N–H and O–H groups in total. The maximum Gasteiger partial charge on any atom is 0.183 e. The van der Waals surface area contributed by atoms with Gasteiger partial charge < -0.3 is 20.3 Å². The zero-order chi connectivity index (χ0) is 16.0. The number of rotatable bonds is 3. The van der Waals surface area contributed by atoms with Gasteiger partial charge in [-0.3, -0.25) is 0 Å². The fraction of sp³-hybridized carbons (Fsp3) is 0.588. The number of pyridine rings is 1. The summed E-state index contributed by atoms with van der Waals surface area (Å²) >= 11 is 0. The first-order valence-corrected chi connectivity index (χ1v) is 7.91. The van der Waals surface area contributed by atoms with Crippen LogP contribution in [-0.4, -0.2) is 40.7 Å². The summed E-state index contributed by atoms with van der Waals surface area (Å²) in [6.45, 7) is 13.2. The van der Waals surface area contributed by atoms with Crippen molar-refractivity contribution >= 4 is 11.5 Å². The van der Waals surface area contributed by atoms with Crippen LogP contribution < -0.4 is 10.6 Å². The van der Waals surface area contributed by atoms with Crippen LogP contribution in [0, 0.1) is 0 Å². The molecule has 0 amide bonds. The van der Waals surface area contributed by atoms with Crippen molar-refractivity contribution in [2.45, 2.75) is 44.8 Å². The van der Waals surface area contributed by atoms with Crippen molar-refractivity contribution in [3.05, 3.63) is 30.8 Å². The highest BCUT2D eigenvalue weighted by Crippen LogP contribution is 2.47. The van der Waals surface area contributed by atoms with Gasteiger partial charge >= 0.3 is 0 Å². The summed E-state index contributed by atoms with van der Waals surface area (Å²) in [7, 11) is 0. The number of hydrogen-bond donors (Lipinski definition) is 1. The molecule has 0 unspecified atom stereocenters. The Bertz CT molecular complexity index is 557. The highest BCUT2D eigenvalue weighted by atomic mass is 16.5. The molecule has 1 aliphatic carbocycles. The number of nitrogen functional groups attached to an aromatic ring is 1. The molecule has 2 aliphatic rings. The van der Waals surface area contributed by atoms with Gasteiger partial charge in [0.1, 0.15) is 11.4 Å². The van der Waals surface area contributed by atoms with Crippen LogP contribution >= 0.6 is 0 Å². The van der Waals surface area contributed by atoms with Crippen LogP contribution in [0.1, 0.15) is 33.6 Å². The van der Waals surface area contributed by atoms with Crippen molar-refractivity contribution < 1.29 is 4.74 Å². The molecule has 1 aromatic rings. The molecule has 120 valence electrons. The van der Waals surface area contributed by atoms with Gasteiger partial charge in [-0.25, -0.2) is 4.98 Å². The van der Waals surface area contributed by atoms with E-state index in [1.807, 2.05) is 12.3 Å². The van der Waals surface area contributed by atoms with Gasteiger partial charge in [0.25, 0.3) is 0 Å². The summed E-state index contributed by atoms with van der Waals surface area (Å²) in [6, 6.07) is 3.91. The first kappa shape index (κ1) is 15.0. The van der Waals surface area contributed by atoms with Gasteiger partial charge in [0, 0.05) is 19.6 Å². The van der Waals surface area contributed by atoms with E-state index < -0.39 is 0 Å². The second-order valence-corrected chi connectivity index (χ2v) is 7.35. The molecule has 22 heavy (non-hydrogen) atoms. The van der Waals surface area contributed by atoms with Crippen LogP contribution in [0.3, 0.4) is 0 Å². The van der Waals surface area contributed by atoms with E-state index in [9.17, 15) is 0 Å². The van der Waals surface area contributed by atoms with Crippen molar-refractivity contribution in [1.29, 1.82) is 0 Å². The van der Waals surface area contributed by atoms with E-state index >= 15 is 0 Å². The molecule has 2 fully saturated rings. The zero-order valence-electron chi connectivity index (χ0n) is 13.8. The third kappa shape index (κ3) is 2.98. The van der Waals surface area contributed by atoms with Crippen LogP contribution in [0.15, 0.2) is 30.8 Å². The van der Waals surface area contributed by atoms with E-state index in [0.717, 1.165) is 31.2 Å². The van der Waals surface area contributed by atoms with Crippen LogP contribution in [0.4, 0.5) is 11.5 Å². The number of hydrogen-bond acceptors (Lipinski definition) is 5. The number of anilines is 2. The first-order chi connectivity index (χ1) is 10.3. The van der Waals surface area contributed by atoms with Crippen LogP contribution in [0.25, 0.3) is 0 Å². The Balaban J connectivity index is 1.70. The molecule has 5 nitrogen and oxygen atoms in total. The average Bonchev–Trinajstić information content (AvgIpc) is 3.17. The molecule has 0 aromatic carbocycles. The molecule has 5 heteroatoms. The van der Waals surface area contributed by atoms with Gasteiger partial charge in [-0.1, -0.05) is 0 Å². The van der Waals surface area contributed by atoms with E-state index in [2.05, 4.69) is 48.2 Å². The van der Waals surface area contributed by atoms with E-state index in [0.29, 0.717) is 5.82 Å². The minimum Gasteiger partial charge on any atom is -0.474 e. The Hall–Kier alpha value is -1.91. The standard InChI is InChI=1S/C17H26N4O/c1-13(22-16(2,3)4)21-10-9-20(12-17(21)7-8-17)14-5-6-15(18)19-11-14/h5-6,11H,1,7-10,12H2,2-4H3,(H2,18,19). The molecule has 1 aromatic heterocycles. The Kier molecular flexibility index (Phi) is 3.46. The van der Waals surface area contributed by atoms with E-state index in [-0.39, 0.29) is 11.1 Å². The Morgan fingerprint density at radius 2 is 2.05 bits per heavy atom. The molecular weight excluding hydrogens is 276 g/mol. The van der Waals surface area contributed by atoms with Crippen molar-refractivity contribution in [2.75, 3.05) is 30.3 Å². The molecular formula is C17H26N4O. The fourth-order valence-electron chi connectivity index (χ4n) is 3.15. The molecule has 2 heterocycles. The second kappa shape index (κ2) is 5.07. The lowest BCUT2D eigenvalue weighted by atomic mass is 10.1. The lowest BCUT2D eigenvalue weighted by Crippen LogP contribution is -2.55. The van der Waals surface area contributed by atoms with E-state index in [1.54, 1.807) is 0 Å². The van der Waals surface area contributed by atoms with Gasteiger partial charge in [0.15, 0.2) is 5.88 Å². The molecule has 1 spiro atoms. The maximum absolute atomic E-state index is 5.99. The molecule has 3 rings (SSSR count). The summed E-state index contributed by atoms with van der Waals surface area (Å²) in [6.07, 6.45) is 4.25. The van der Waals surface area contributed by atoms with Gasteiger partial charge in [0.05, 0.1) is 17.4 Å². The quantitative estimate of drug-likeness (QED) is 0.870. The molecule has 1 aliphatic heterocycles. The molecule has 0 atom stereocenters. The van der Waals surface area contributed by atoms with Gasteiger partial charge in [0.2, 0.25) is 0 Å². The minimum atomic E-state index is -0.203. The summed E-state index contributed by atoms with van der Waals surface area (Å²) in [5, 5.41) is 0. The Morgan fingerprint density at radius 3 is 2.59 bits per heavy atom. The number of nitrogens with two attached hydrogens (primary N) is 1. The van der Waals surface area contributed by atoms with Crippen LogP contribution in [0.2, 0.25) is 0 Å². The van der Waals surface area contributed by atoms with Gasteiger partial charge in [-0.2, -0.15) is 0 Å². The van der Waals surface area contributed by atoms with Crippen molar-refractivity contribution in [1.82, 2.24) is 9.88 Å². The number of ether oxygens (including phenoxy) is 1. The molecule has 0 bridgehead atoms. The van der Waals surface area contributed by atoms with Crippen molar-refractivity contribution in [3.8, 4) is 0 Å². The summed E-state index contributed by atoms with van der Waals surface area (Å²) in [5.74, 6) is 1.37. The van der Waals surface area contributed by atoms with E-state index in [1.165, 1.54) is 12.8 Å². The third-order valence-electron chi connectivity index (χ3n) is 4.34. The largest absolute Gasteiger partial charge is 0.474 e. The van der Waals surface area contributed by atoms with Crippen LogP contribution in [-0.2, 0) is 4.74 Å². The highest BCUT2D eigenvalue weighted by Gasteiger charge is 2.52. The zero-order valence-corrected chi connectivity index (χ0v) is 13.8. The monoisotopic (exact) mass is 302 g/mol. The second-order valence-electron chi connectivity index (χ2n) is 7.35. The molecule has 1 saturated heterocycles. The molecule has 0 radical (unpaired) electrons. The predicted molar refractivity (Wildman–Crippen MR) is 89.5 cm³/mol. The fourth-order valence-corrected chi connectivity index (χ4v) is 3.15. The number of piperazine rings is 1. The van der Waals surface area contributed by atoms with Crippen LogP contribution in [0.5, 0.6) is 0 Å². The van der Waals surface area contributed by atoms with Crippen molar-refractivity contribution in [3.63, 3.8) is 0 Å². The first-order valence-electron chi connectivity index (χ1n) is 7.91. The SMILES string of the molecule is C=C(OC(C)(C)C)N1CCN(c2ccc(N)nc2)CC12CC2. The summed E-state index contributed by atoms with van der Waals surface area (Å²) in [5.41, 5.74) is 6.80. The maximum atomic E-state index is 5.99. The highest BCUT2D eigenvalue weighted by molar-refractivity contribution is 5.49. The van der Waals surface area contributed by atoms with E-state index in [4.69, 9.17) is 10.5 Å². The summed E-state index contributed by atoms with van der Waals surface area (Å²) < 4.78 is 5.99. The minimum absolute atomic E-state index is 0.183. The molecule has 1 saturated carbocycles. The Labute approximate surface area is 132 Å². The normalized spacial score (nSPS) is 20.1. The number of aromatic nitrogens is 1. The van der Waals surface area contributed by atoms with Gasteiger partial charge in [-0.15, -0.1) is 0 Å². The number of nitrogens with zero attached hydrogens (tertiary/aromatic N) is 3. The smallest absolute Gasteiger partial charge is 0.183 e. The topological polar surface area (TPSA) is 54.6 Å². The summed E-state index contributed by atoms with van der Waals surface area (Å²) in [4.78, 5) is 8.96. The Morgan fingerprint density at radius 1 is 1.32 bits per heavy atom. The average molecular weight is 302 g/mol. The van der Waals surface area contributed by atoms with Crippen molar-refractivity contribution in [2.24, 2.45) is 0 Å². The predicted octanol–water partition coefficient (Wildman–Crippen LogP) is 2.60. The lowest BCUT2D eigenvalue weighted by Gasteiger charge is -2.45. The van der Waals surface area contributed by atoms with Gasteiger partial charge in [-0.05, 0) is 52.3 Å². The lowest BCUT2D eigenvalue weighted by molar-refractivity contribution is -0.0159.